The summed E-state index contributed by atoms with van der Waals surface area (Å²) in [6, 6.07) is 5.77. The van der Waals surface area contributed by atoms with Crippen LogP contribution in [0.25, 0.3) is 5.52 Å². The summed E-state index contributed by atoms with van der Waals surface area (Å²) < 4.78 is 7.34. The maximum absolute atomic E-state index is 12.2. The molecule has 0 bridgehead atoms. The maximum Gasteiger partial charge on any atom is 0.271 e. The fraction of sp³-hybridized carbons (Fsp3) is 0.467. The number of amides is 1. The molecule has 1 aliphatic heterocycles. The molecule has 1 saturated heterocycles. The number of ether oxygens (including phenoxy) is 1. The van der Waals surface area contributed by atoms with E-state index < -0.39 is 0 Å². The Morgan fingerprint density at radius 3 is 3.19 bits per heavy atom. The zero-order valence-electron chi connectivity index (χ0n) is 12.4. The molecule has 0 spiro atoms. The van der Waals surface area contributed by atoms with Crippen LogP contribution in [0.15, 0.2) is 24.4 Å². The molecule has 1 aliphatic rings. The first kappa shape index (κ1) is 14.0. The summed E-state index contributed by atoms with van der Waals surface area (Å²) in [4.78, 5) is 14.4. The van der Waals surface area contributed by atoms with Gasteiger partial charge in [0.25, 0.3) is 5.91 Å². The molecule has 1 fully saturated rings. The summed E-state index contributed by atoms with van der Waals surface area (Å²) in [5.74, 6) is -0.159. The number of likely N-dealkylation sites (N-methyl/N-ethyl adjacent to an activating group) is 1. The lowest BCUT2D eigenvalue weighted by Crippen LogP contribution is -2.46. The Hall–Kier alpha value is -1.92. The first-order chi connectivity index (χ1) is 10.1. The minimum atomic E-state index is -0.159. The van der Waals surface area contributed by atoms with Crippen molar-refractivity contribution in [3.63, 3.8) is 0 Å². The average molecular weight is 288 g/mol. The minimum Gasteiger partial charge on any atom is -0.374 e. The molecule has 2 aromatic heterocycles. The van der Waals surface area contributed by atoms with Gasteiger partial charge in [-0.05, 0) is 37.7 Å². The van der Waals surface area contributed by atoms with E-state index in [0.29, 0.717) is 18.8 Å². The van der Waals surface area contributed by atoms with Crippen LogP contribution < -0.4 is 5.32 Å². The van der Waals surface area contributed by atoms with Gasteiger partial charge in [-0.25, -0.2) is 4.52 Å². The molecule has 0 saturated carbocycles. The molecule has 21 heavy (non-hydrogen) atoms. The van der Waals surface area contributed by atoms with Gasteiger partial charge in [-0.15, -0.1) is 0 Å². The molecule has 0 unspecified atom stereocenters. The van der Waals surface area contributed by atoms with E-state index in [1.54, 1.807) is 10.6 Å². The van der Waals surface area contributed by atoms with Crippen LogP contribution >= 0.6 is 0 Å². The standard InChI is InChI=1S/C15H20N4O2/c1-11-3-4-19-12(7-11)8-14(17-19)15(20)16-9-13-10-18(2)5-6-21-13/h3-4,7-8,13H,5-6,9-10H2,1-2H3,(H,16,20)/t13-/m1/s1. The molecule has 6 nitrogen and oxygen atoms in total. The second-order valence-corrected chi connectivity index (χ2v) is 5.57. The van der Waals surface area contributed by atoms with E-state index in [-0.39, 0.29) is 12.0 Å². The second-order valence-electron chi connectivity index (χ2n) is 5.57. The van der Waals surface area contributed by atoms with E-state index in [9.17, 15) is 4.79 Å². The third-order valence-corrected chi connectivity index (χ3v) is 3.68. The SMILES string of the molecule is Cc1ccn2nc(C(=O)NC[C@@H]3CN(C)CCO3)cc2c1. The molecule has 0 aliphatic carbocycles. The lowest BCUT2D eigenvalue weighted by Gasteiger charge is -2.29. The predicted octanol–water partition coefficient (Wildman–Crippen LogP) is 0.703. The number of nitrogens with one attached hydrogen (secondary N) is 1. The summed E-state index contributed by atoms with van der Waals surface area (Å²) in [6.07, 6.45) is 1.91. The normalized spacial score (nSPS) is 19.8. The maximum atomic E-state index is 12.2. The molecule has 0 aromatic carbocycles. The zero-order chi connectivity index (χ0) is 14.8. The molecule has 1 amide bonds. The Morgan fingerprint density at radius 2 is 2.38 bits per heavy atom. The fourth-order valence-corrected chi connectivity index (χ4v) is 2.50. The first-order valence-electron chi connectivity index (χ1n) is 7.16. The van der Waals surface area contributed by atoms with Gasteiger partial charge in [0.1, 0.15) is 0 Å². The molecule has 3 heterocycles. The van der Waals surface area contributed by atoms with Crippen LogP contribution in [0.3, 0.4) is 0 Å². The number of pyridine rings is 1. The largest absolute Gasteiger partial charge is 0.374 e. The van der Waals surface area contributed by atoms with Crippen molar-refractivity contribution in [3.05, 3.63) is 35.7 Å². The smallest absolute Gasteiger partial charge is 0.271 e. The monoisotopic (exact) mass is 288 g/mol. The highest BCUT2D eigenvalue weighted by Gasteiger charge is 2.19. The van der Waals surface area contributed by atoms with E-state index >= 15 is 0 Å². The Kier molecular flexibility index (Phi) is 3.90. The van der Waals surface area contributed by atoms with Crippen LogP contribution in [0.5, 0.6) is 0 Å². The van der Waals surface area contributed by atoms with Crippen molar-refractivity contribution in [2.24, 2.45) is 0 Å². The van der Waals surface area contributed by atoms with Gasteiger partial charge in [-0.2, -0.15) is 5.10 Å². The Bertz CT molecular complexity index is 652. The van der Waals surface area contributed by atoms with Crippen molar-refractivity contribution < 1.29 is 9.53 Å². The summed E-state index contributed by atoms with van der Waals surface area (Å²) in [6.45, 7) is 5.02. The number of nitrogens with zero attached hydrogens (tertiary/aromatic N) is 3. The van der Waals surface area contributed by atoms with Gasteiger partial charge < -0.3 is 15.0 Å². The van der Waals surface area contributed by atoms with Crippen LogP contribution in [0.4, 0.5) is 0 Å². The minimum absolute atomic E-state index is 0.0481. The first-order valence-corrected chi connectivity index (χ1v) is 7.16. The lowest BCUT2D eigenvalue weighted by atomic mass is 10.2. The summed E-state index contributed by atoms with van der Waals surface area (Å²) >= 11 is 0. The Balaban J connectivity index is 1.63. The Labute approximate surface area is 123 Å². The predicted molar refractivity (Wildman–Crippen MR) is 79.5 cm³/mol. The number of aryl methyl sites for hydroxylation is 1. The number of morpholine rings is 1. The van der Waals surface area contributed by atoms with Crippen molar-refractivity contribution in [1.29, 1.82) is 0 Å². The highest BCUT2D eigenvalue weighted by Crippen LogP contribution is 2.09. The van der Waals surface area contributed by atoms with Crippen molar-refractivity contribution in [2.45, 2.75) is 13.0 Å². The van der Waals surface area contributed by atoms with Crippen LogP contribution in [-0.4, -0.2) is 59.8 Å². The molecule has 6 heteroatoms. The van der Waals surface area contributed by atoms with Gasteiger partial charge in [0.05, 0.1) is 18.2 Å². The van der Waals surface area contributed by atoms with E-state index in [1.165, 1.54) is 0 Å². The van der Waals surface area contributed by atoms with E-state index in [1.807, 2.05) is 25.3 Å². The topological polar surface area (TPSA) is 58.9 Å². The molecule has 3 rings (SSSR count). The van der Waals surface area contributed by atoms with E-state index in [2.05, 4.69) is 22.4 Å². The summed E-state index contributed by atoms with van der Waals surface area (Å²) in [5.41, 5.74) is 2.51. The van der Waals surface area contributed by atoms with Crippen LogP contribution in [0.2, 0.25) is 0 Å². The average Bonchev–Trinajstić information content (AvgIpc) is 2.88. The van der Waals surface area contributed by atoms with Crippen LogP contribution in [-0.2, 0) is 4.74 Å². The number of carbonyl (C=O) groups is 1. The van der Waals surface area contributed by atoms with Gasteiger partial charge in [0.15, 0.2) is 5.69 Å². The quantitative estimate of drug-likeness (QED) is 0.903. The molecule has 1 atom stereocenters. The molecule has 0 radical (unpaired) electrons. The molecular formula is C15H20N4O2. The number of fused-ring (bicyclic) bond motifs is 1. The third-order valence-electron chi connectivity index (χ3n) is 3.68. The van der Waals surface area contributed by atoms with Crippen molar-refractivity contribution in [1.82, 2.24) is 19.8 Å². The lowest BCUT2D eigenvalue weighted by molar-refractivity contribution is -0.0175. The number of rotatable bonds is 3. The number of aromatic nitrogens is 2. The fourth-order valence-electron chi connectivity index (χ4n) is 2.50. The van der Waals surface area contributed by atoms with E-state index in [0.717, 1.165) is 24.2 Å². The molecule has 2 aromatic rings. The summed E-state index contributed by atoms with van der Waals surface area (Å²) in [5, 5.41) is 7.18. The number of carbonyl (C=O) groups excluding carboxylic acids is 1. The molecule has 112 valence electrons. The highest BCUT2D eigenvalue weighted by molar-refractivity contribution is 5.93. The van der Waals surface area contributed by atoms with Gasteiger partial charge in [0.2, 0.25) is 0 Å². The van der Waals surface area contributed by atoms with Gasteiger partial charge in [0, 0.05) is 25.8 Å². The van der Waals surface area contributed by atoms with Crippen LogP contribution in [0.1, 0.15) is 16.1 Å². The van der Waals surface area contributed by atoms with Crippen molar-refractivity contribution >= 4 is 11.4 Å². The molecular weight excluding hydrogens is 268 g/mol. The van der Waals surface area contributed by atoms with Crippen molar-refractivity contribution in [3.8, 4) is 0 Å². The second kappa shape index (κ2) is 5.83. The van der Waals surface area contributed by atoms with Crippen LogP contribution in [0, 0.1) is 6.92 Å². The zero-order valence-corrected chi connectivity index (χ0v) is 12.4. The van der Waals surface area contributed by atoms with Gasteiger partial charge >= 0.3 is 0 Å². The molecule has 1 N–H and O–H groups in total. The van der Waals surface area contributed by atoms with Gasteiger partial charge in [-0.1, -0.05) is 0 Å². The number of hydrogen-bond acceptors (Lipinski definition) is 4. The van der Waals surface area contributed by atoms with Crippen molar-refractivity contribution in [2.75, 3.05) is 33.3 Å². The number of hydrogen-bond donors (Lipinski definition) is 1. The van der Waals surface area contributed by atoms with E-state index in [4.69, 9.17) is 4.74 Å². The summed E-state index contributed by atoms with van der Waals surface area (Å²) in [7, 11) is 2.06. The Morgan fingerprint density at radius 1 is 1.52 bits per heavy atom. The van der Waals surface area contributed by atoms with Gasteiger partial charge in [-0.3, -0.25) is 4.79 Å². The third kappa shape index (κ3) is 3.22. The highest BCUT2D eigenvalue weighted by atomic mass is 16.5.